The molecule has 4 heteroatoms. The monoisotopic (exact) mass is 252 g/mol. The van der Waals surface area contributed by atoms with E-state index in [1.807, 2.05) is 0 Å². The average Bonchev–Trinajstić information content (AvgIpc) is 2.30. The van der Waals surface area contributed by atoms with Gasteiger partial charge in [0, 0.05) is 11.1 Å². The van der Waals surface area contributed by atoms with Crippen molar-refractivity contribution in [2.75, 3.05) is 7.11 Å². The smallest absolute Gasteiger partial charge is 0.124 e. The van der Waals surface area contributed by atoms with Gasteiger partial charge in [0.2, 0.25) is 0 Å². The van der Waals surface area contributed by atoms with Gasteiger partial charge in [-0.05, 0) is 36.4 Å². The van der Waals surface area contributed by atoms with Gasteiger partial charge in [-0.25, -0.2) is 4.39 Å². The van der Waals surface area contributed by atoms with Crippen molar-refractivity contribution in [3.8, 4) is 22.6 Å². The molecular formula is C13H10ClFO2. The first kappa shape index (κ1) is 11.7. The average molecular weight is 253 g/mol. The number of phenols is 1. The summed E-state index contributed by atoms with van der Waals surface area (Å²) < 4.78 is 18.0. The third kappa shape index (κ3) is 2.34. The summed E-state index contributed by atoms with van der Waals surface area (Å²) >= 11 is 5.94. The van der Waals surface area contributed by atoms with E-state index in [0.29, 0.717) is 16.9 Å². The Morgan fingerprint density at radius 3 is 2.53 bits per heavy atom. The molecule has 0 aliphatic rings. The fourth-order valence-electron chi connectivity index (χ4n) is 1.57. The van der Waals surface area contributed by atoms with Crippen molar-refractivity contribution in [2.24, 2.45) is 0 Å². The van der Waals surface area contributed by atoms with Gasteiger partial charge >= 0.3 is 0 Å². The molecule has 0 bridgehead atoms. The summed E-state index contributed by atoms with van der Waals surface area (Å²) in [6, 6.07) is 8.81. The number of ether oxygens (including phenoxy) is 1. The highest BCUT2D eigenvalue weighted by Gasteiger charge is 2.10. The Balaban J connectivity index is 2.59. The molecule has 2 aromatic carbocycles. The topological polar surface area (TPSA) is 29.5 Å². The summed E-state index contributed by atoms with van der Waals surface area (Å²) in [5, 5.41) is 10.0. The van der Waals surface area contributed by atoms with Gasteiger partial charge in [-0.1, -0.05) is 11.6 Å². The molecule has 0 fully saturated rings. The quantitative estimate of drug-likeness (QED) is 0.879. The minimum absolute atomic E-state index is 0.0688. The molecule has 0 heterocycles. The predicted octanol–water partition coefficient (Wildman–Crippen LogP) is 3.86. The molecule has 0 unspecified atom stereocenters. The number of methoxy groups -OCH3 is 1. The largest absolute Gasteiger partial charge is 0.507 e. The number of hydrogen-bond acceptors (Lipinski definition) is 2. The van der Waals surface area contributed by atoms with Gasteiger partial charge in [0.1, 0.15) is 17.3 Å². The number of phenolic OH excluding ortho intramolecular Hbond substituents is 1. The molecule has 0 aliphatic heterocycles. The van der Waals surface area contributed by atoms with E-state index in [1.54, 1.807) is 12.1 Å². The van der Waals surface area contributed by atoms with Gasteiger partial charge in [0.05, 0.1) is 12.1 Å². The van der Waals surface area contributed by atoms with Crippen LogP contribution >= 0.6 is 11.6 Å². The zero-order valence-corrected chi connectivity index (χ0v) is 9.83. The SMILES string of the molecule is COc1ccc(O)c(-c2ccc(F)cc2Cl)c1. The second-order valence-electron chi connectivity index (χ2n) is 3.51. The maximum atomic E-state index is 12.9. The molecule has 2 rings (SSSR count). The molecule has 2 nitrogen and oxygen atoms in total. The predicted molar refractivity (Wildman–Crippen MR) is 65.1 cm³/mol. The third-order valence-corrected chi connectivity index (χ3v) is 2.74. The van der Waals surface area contributed by atoms with Crippen LogP contribution in [-0.2, 0) is 0 Å². The molecule has 0 aliphatic carbocycles. The minimum Gasteiger partial charge on any atom is -0.507 e. The highest BCUT2D eigenvalue weighted by Crippen LogP contribution is 2.36. The van der Waals surface area contributed by atoms with Gasteiger partial charge in [0.25, 0.3) is 0 Å². The van der Waals surface area contributed by atoms with Crippen LogP contribution in [0.5, 0.6) is 11.5 Å². The van der Waals surface area contributed by atoms with Gasteiger partial charge in [0.15, 0.2) is 0 Å². The van der Waals surface area contributed by atoms with E-state index < -0.39 is 5.82 Å². The molecule has 0 saturated heterocycles. The molecule has 0 radical (unpaired) electrons. The van der Waals surface area contributed by atoms with Crippen LogP contribution in [0.15, 0.2) is 36.4 Å². The molecule has 0 saturated carbocycles. The number of hydrogen-bond donors (Lipinski definition) is 1. The molecule has 17 heavy (non-hydrogen) atoms. The van der Waals surface area contributed by atoms with E-state index in [4.69, 9.17) is 16.3 Å². The number of halogens is 2. The van der Waals surface area contributed by atoms with Crippen LogP contribution < -0.4 is 4.74 Å². The van der Waals surface area contributed by atoms with Crippen LogP contribution in [0.1, 0.15) is 0 Å². The van der Waals surface area contributed by atoms with Crippen LogP contribution in [0.2, 0.25) is 5.02 Å². The molecule has 0 amide bonds. The Hall–Kier alpha value is -1.74. The van der Waals surface area contributed by atoms with Gasteiger partial charge < -0.3 is 9.84 Å². The van der Waals surface area contributed by atoms with Crippen LogP contribution in [0, 0.1) is 5.82 Å². The van der Waals surface area contributed by atoms with Crippen molar-refractivity contribution < 1.29 is 14.2 Å². The highest BCUT2D eigenvalue weighted by molar-refractivity contribution is 6.33. The molecule has 1 N–H and O–H groups in total. The van der Waals surface area contributed by atoms with Gasteiger partial charge in [-0.3, -0.25) is 0 Å². The zero-order valence-electron chi connectivity index (χ0n) is 9.08. The third-order valence-electron chi connectivity index (χ3n) is 2.43. The van der Waals surface area contributed by atoms with E-state index in [0.717, 1.165) is 0 Å². The van der Waals surface area contributed by atoms with Crippen LogP contribution in [-0.4, -0.2) is 12.2 Å². The van der Waals surface area contributed by atoms with Crippen LogP contribution in [0.3, 0.4) is 0 Å². The van der Waals surface area contributed by atoms with E-state index in [2.05, 4.69) is 0 Å². The Bertz CT molecular complexity index is 555. The van der Waals surface area contributed by atoms with E-state index in [-0.39, 0.29) is 10.8 Å². The molecule has 0 atom stereocenters. The normalized spacial score (nSPS) is 10.3. The minimum atomic E-state index is -0.416. The van der Waals surface area contributed by atoms with Crippen molar-refractivity contribution >= 4 is 11.6 Å². The maximum absolute atomic E-state index is 12.9. The summed E-state index contributed by atoms with van der Waals surface area (Å²) in [4.78, 5) is 0. The lowest BCUT2D eigenvalue weighted by molar-refractivity contribution is 0.412. The fraction of sp³-hybridized carbons (Fsp3) is 0.0769. The Morgan fingerprint density at radius 2 is 1.88 bits per heavy atom. The molecule has 2 aromatic rings. The van der Waals surface area contributed by atoms with Crippen LogP contribution in [0.4, 0.5) is 4.39 Å². The van der Waals surface area contributed by atoms with E-state index in [9.17, 15) is 9.50 Å². The first-order valence-corrected chi connectivity index (χ1v) is 5.32. The Morgan fingerprint density at radius 1 is 1.12 bits per heavy atom. The lowest BCUT2D eigenvalue weighted by atomic mass is 10.0. The maximum Gasteiger partial charge on any atom is 0.124 e. The number of benzene rings is 2. The number of aromatic hydroxyl groups is 1. The van der Waals surface area contributed by atoms with Gasteiger partial charge in [-0.2, -0.15) is 0 Å². The number of rotatable bonds is 2. The molecule has 88 valence electrons. The summed E-state index contributed by atoms with van der Waals surface area (Å²) in [5.41, 5.74) is 1.07. The molecule has 0 aromatic heterocycles. The summed E-state index contributed by atoms with van der Waals surface area (Å²) in [6.45, 7) is 0. The van der Waals surface area contributed by atoms with Crippen LogP contribution in [0.25, 0.3) is 11.1 Å². The lowest BCUT2D eigenvalue weighted by Crippen LogP contribution is -1.86. The van der Waals surface area contributed by atoms with E-state index >= 15 is 0 Å². The van der Waals surface area contributed by atoms with E-state index in [1.165, 1.54) is 31.4 Å². The standard InChI is InChI=1S/C13H10ClFO2/c1-17-9-3-5-13(16)11(7-9)10-4-2-8(15)6-12(10)14/h2-7,16H,1H3. The lowest BCUT2D eigenvalue weighted by Gasteiger charge is -2.09. The molecular weight excluding hydrogens is 243 g/mol. The first-order valence-electron chi connectivity index (χ1n) is 4.94. The fourth-order valence-corrected chi connectivity index (χ4v) is 1.83. The summed E-state index contributed by atoms with van der Waals surface area (Å²) in [5.74, 6) is 0.249. The summed E-state index contributed by atoms with van der Waals surface area (Å²) in [6.07, 6.45) is 0. The second kappa shape index (κ2) is 4.63. The van der Waals surface area contributed by atoms with Crippen molar-refractivity contribution in [1.82, 2.24) is 0 Å². The van der Waals surface area contributed by atoms with Crippen molar-refractivity contribution in [2.45, 2.75) is 0 Å². The zero-order chi connectivity index (χ0) is 12.4. The first-order chi connectivity index (χ1) is 8.11. The van der Waals surface area contributed by atoms with Crippen molar-refractivity contribution in [1.29, 1.82) is 0 Å². The summed E-state index contributed by atoms with van der Waals surface area (Å²) in [7, 11) is 1.53. The highest BCUT2D eigenvalue weighted by atomic mass is 35.5. The van der Waals surface area contributed by atoms with Crippen molar-refractivity contribution in [3.05, 3.63) is 47.2 Å². The van der Waals surface area contributed by atoms with Crippen molar-refractivity contribution in [3.63, 3.8) is 0 Å². The van der Waals surface area contributed by atoms with Gasteiger partial charge in [-0.15, -0.1) is 0 Å². The second-order valence-corrected chi connectivity index (χ2v) is 3.91. The Labute approximate surface area is 103 Å². The Kier molecular flexibility index (Phi) is 3.20. The molecule has 0 spiro atoms.